The molecule has 0 spiro atoms. The smallest absolute Gasteiger partial charge is 0.221 e. The number of hydrogen-bond donors (Lipinski definition) is 2. The monoisotopic (exact) mass is 334 g/mol. The summed E-state index contributed by atoms with van der Waals surface area (Å²) in [5.74, 6) is -2.22. The fraction of sp³-hybridized carbons (Fsp3) is 0.176. The van der Waals surface area contributed by atoms with E-state index in [-0.39, 0.29) is 11.4 Å². The highest BCUT2D eigenvalue weighted by atomic mass is 35.5. The van der Waals surface area contributed by atoms with E-state index in [9.17, 15) is 14.0 Å². The highest BCUT2D eigenvalue weighted by Crippen LogP contribution is 2.25. The van der Waals surface area contributed by atoms with Crippen molar-refractivity contribution < 1.29 is 14.0 Å². The molecular formula is C17H16ClFN2O2. The fourth-order valence-electron chi connectivity index (χ4n) is 2.31. The Labute approximate surface area is 138 Å². The van der Waals surface area contributed by atoms with Gasteiger partial charge >= 0.3 is 0 Å². The molecule has 4 N–H and O–H groups in total. The zero-order chi connectivity index (χ0) is 17.0. The summed E-state index contributed by atoms with van der Waals surface area (Å²) in [6, 6.07) is 11.8. The van der Waals surface area contributed by atoms with Crippen molar-refractivity contribution in [1.29, 1.82) is 0 Å². The molecule has 0 aromatic heterocycles. The second-order valence-electron chi connectivity index (χ2n) is 5.30. The first-order chi connectivity index (χ1) is 10.9. The molecule has 0 unspecified atom stereocenters. The number of hydrogen-bond acceptors (Lipinski definition) is 2. The van der Waals surface area contributed by atoms with Gasteiger partial charge in [0.05, 0.1) is 10.9 Å². The van der Waals surface area contributed by atoms with E-state index < -0.39 is 23.5 Å². The molecule has 2 rings (SSSR count). The molecule has 0 aliphatic rings. The standard InChI is InChI=1S/C17H16ClFN2O2/c18-14-8-12(5-6-15(14)19)11-3-1-10(2-4-11)7-13(17(21)23)9-16(20)22/h1-6,8,13H,7,9H2,(H2,20,22)(H2,21,23)/t13-/m1/s1. The van der Waals surface area contributed by atoms with Crippen LogP contribution in [0.3, 0.4) is 0 Å². The highest BCUT2D eigenvalue weighted by Gasteiger charge is 2.18. The molecule has 0 aliphatic heterocycles. The Balaban J connectivity index is 2.16. The topological polar surface area (TPSA) is 86.2 Å². The Bertz CT molecular complexity index is 732. The third-order valence-corrected chi connectivity index (χ3v) is 3.83. The van der Waals surface area contributed by atoms with E-state index in [0.29, 0.717) is 6.42 Å². The van der Waals surface area contributed by atoms with Gasteiger partial charge in [-0.25, -0.2) is 4.39 Å². The molecular weight excluding hydrogens is 319 g/mol. The van der Waals surface area contributed by atoms with Crippen LogP contribution in [0, 0.1) is 11.7 Å². The average Bonchev–Trinajstić information content (AvgIpc) is 2.49. The van der Waals surface area contributed by atoms with Crippen molar-refractivity contribution in [2.45, 2.75) is 12.8 Å². The fourth-order valence-corrected chi connectivity index (χ4v) is 2.49. The quantitative estimate of drug-likeness (QED) is 0.850. The van der Waals surface area contributed by atoms with E-state index in [1.807, 2.05) is 24.3 Å². The number of nitrogens with two attached hydrogens (primary N) is 2. The SMILES string of the molecule is NC(=O)C[C@@H](Cc1ccc(-c2ccc(F)c(Cl)c2)cc1)C(N)=O. The molecule has 2 amide bonds. The van der Waals surface area contributed by atoms with Crippen LogP contribution in [0.1, 0.15) is 12.0 Å². The number of halogens is 2. The zero-order valence-electron chi connectivity index (χ0n) is 12.3. The highest BCUT2D eigenvalue weighted by molar-refractivity contribution is 6.31. The lowest BCUT2D eigenvalue weighted by atomic mass is 9.94. The lowest BCUT2D eigenvalue weighted by molar-refractivity contribution is -0.126. The molecule has 0 saturated carbocycles. The second-order valence-corrected chi connectivity index (χ2v) is 5.71. The van der Waals surface area contributed by atoms with Crippen molar-refractivity contribution >= 4 is 23.4 Å². The largest absolute Gasteiger partial charge is 0.370 e. The van der Waals surface area contributed by atoms with Gasteiger partial charge < -0.3 is 11.5 Å². The van der Waals surface area contributed by atoms with E-state index in [0.717, 1.165) is 16.7 Å². The van der Waals surface area contributed by atoms with Crippen LogP contribution in [0.15, 0.2) is 42.5 Å². The number of carbonyl (C=O) groups is 2. The molecule has 0 fully saturated rings. The van der Waals surface area contributed by atoms with Crippen LogP contribution in [0.4, 0.5) is 4.39 Å². The Hall–Kier alpha value is -2.40. The maximum Gasteiger partial charge on any atom is 0.221 e. The maximum atomic E-state index is 13.2. The summed E-state index contributed by atoms with van der Waals surface area (Å²) >= 11 is 5.78. The number of carbonyl (C=O) groups excluding carboxylic acids is 2. The number of benzene rings is 2. The van der Waals surface area contributed by atoms with Gasteiger partial charge in [-0.15, -0.1) is 0 Å². The van der Waals surface area contributed by atoms with Gasteiger partial charge in [0, 0.05) is 6.42 Å². The van der Waals surface area contributed by atoms with Crippen molar-refractivity contribution in [3.8, 4) is 11.1 Å². The first-order valence-corrected chi connectivity index (χ1v) is 7.36. The van der Waals surface area contributed by atoms with Crippen LogP contribution in [-0.2, 0) is 16.0 Å². The summed E-state index contributed by atoms with van der Waals surface area (Å²) in [5, 5.41) is 0.0572. The minimum Gasteiger partial charge on any atom is -0.370 e. The Kier molecular flexibility index (Phi) is 5.34. The average molecular weight is 335 g/mol. The van der Waals surface area contributed by atoms with Gasteiger partial charge in [0.2, 0.25) is 11.8 Å². The van der Waals surface area contributed by atoms with Crippen LogP contribution in [0.25, 0.3) is 11.1 Å². The van der Waals surface area contributed by atoms with Crippen molar-refractivity contribution in [2.75, 3.05) is 0 Å². The number of amides is 2. The second kappa shape index (κ2) is 7.24. The summed E-state index contributed by atoms with van der Waals surface area (Å²) in [6.07, 6.45) is 0.257. The molecule has 6 heteroatoms. The molecule has 0 radical (unpaired) electrons. The molecule has 2 aromatic rings. The third-order valence-electron chi connectivity index (χ3n) is 3.54. The van der Waals surface area contributed by atoms with Gasteiger partial charge in [-0.05, 0) is 35.2 Å². The van der Waals surface area contributed by atoms with Gasteiger partial charge in [0.25, 0.3) is 0 Å². The zero-order valence-corrected chi connectivity index (χ0v) is 13.0. The summed E-state index contributed by atoms with van der Waals surface area (Å²) in [7, 11) is 0. The molecule has 4 nitrogen and oxygen atoms in total. The van der Waals surface area contributed by atoms with Crippen LogP contribution < -0.4 is 11.5 Å². The summed E-state index contributed by atoms with van der Waals surface area (Å²) in [5.41, 5.74) is 12.9. The summed E-state index contributed by atoms with van der Waals surface area (Å²) < 4.78 is 13.2. The summed E-state index contributed by atoms with van der Waals surface area (Å²) in [6.45, 7) is 0. The lowest BCUT2D eigenvalue weighted by Crippen LogP contribution is -2.29. The predicted molar refractivity (Wildman–Crippen MR) is 87.0 cm³/mol. The van der Waals surface area contributed by atoms with E-state index in [1.54, 1.807) is 12.1 Å². The van der Waals surface area contributed by atoms with Crippen molar-refractivity contribution in [1.82, 2.24) is 0 Å². The number of primary amides is 2. The Morgan fingerprint density at radius 1 is 1.04 bits per heavy atom. The van der Waals surface area contributed by atoms with E-state index in [2.05, 4.69) is 0 Å². The van der Waals surface area contributed by atoms with Crippen molar-refractivity contribution in [3.63, 3.8) is 0 Å². The maximum absolute atomic E-state index is 13.2. The summed E-state index contributed by atoms with van der Waals surface area (Å²) in [4.78, 5) is 22.3. The van der Waals surface area contributed by atoms with Crippen molar-refractivity contribution in [3.05, 3.63) is 58.9 Å². The molecule has 2 aromatic carbocycles. The lowest BCUT2D eigenvalue weighted by Gasteiger charge is -2.12. The van der Waals surface area contributed by atoms with Gasteiger partial charge in [0.15, 0.2) is 0 Å². The van der Waals surface area contributed by atoms with Crippen LogP contribution >= 0.6 is 11.6 Å². The van der Waals surface area contributed by atoms with Crippen LogP contribution in [0.2, 0.25) is 5.02 Å². The normalized spacial score (nSPS) is 11.9. The van der Waals surface area contributed by atoms with Gasteiger partial charge in [-0.3, -0.25) is 9.59 Å². The van der Waals surface area contributed by atoms with Crippen LogP contribution in [-0.4, -0.2) is 11.8 Å². The first kappa shape index (κ1) is 17.0. The Morgan fingerprint density at radius 3 is 2.17 bits per heavy atom. The first-order valence-electron chi connectivity index (χ1n) is 6.99. The number of rotatable bonds is 6. The van der Waals surface area contributed by atoms with Gasteiger partial charge in [0.1, 0.15) is 5.82 Å². The molecule has 23 heavy (non-hydrogen) atoms. The van der Waals surface area contributed by atoms with E-state index in [1.165, 1.54) is 6.07 Å². The minimum absolute atomic E-state index is 0.0572. The minimum atomic E-state index is -0.626. The molecule has 0 saturated heterocycles. The molecule has 120 valence electrons. The Morgan fingerprint density at radius 2 is 1.65 bits per heavy atom. The molecule has 0 aliphatic carbocycles. The molecule has 1 atom stereocenters. The van der Waals surface area contributed by atoms with E-state index >= 15 is 0 Å². The van der Waals surface area contributed by atoms with E-state index in [4.69, 9.17) is 23.1 Å². The molecule has 0 bridgehead atoms. The van der Waals surface area contributed by atoms with Crippen molar-refractivity contribution in [2.24, 2.45) is 17.4 Å². The van der Waals surface area contributed by atoms with Crippen LogP contribution in [0.5, 0.6) is 0 Å². The van der Waals surface area contributed by atoms with Gasteiger partial charge in [-0.2, -0.15) is 0 Å². The molecule has 0 heterocycles. The predicted octanol–water partition coefficient (Wildman–Crippen LogP) is 2.67. The third kappa shape index (κ3) is 4.53. The van der Waals surface area contributed by atoms with Gasteiger partial charge in [-0.1, -0.05) is 41.9 Å².